The lowest BCUT2D eigenvalue weighted by Gasteiger charge is -2.34. The number of carboxylic acid groups (broad SMARTS) is 1. The Morgan fingerprint density at radius 2 is 1.89 bits per heavy atom. The lowest BCUT2D eigenvalue weighted by Crippen LogP contribution is -2.48. The number of aliphatic imine (C=N–C) groups is 1. The van der Waals surface area contributed by atoms with E-state index in [4.69, 9.17) is 9.73 Å². The van der Waals surface area contributed by atoms with Crippen molar-refractivity contribution in [3.05, 3.63) is 81.8 Å². The molecule has 2 N–H and O–H groups in total. The monoisotopic (exact) mass is 518 g/mol. The number of methoxy groups -OCH3 is 1. The average molecular weight is 519 g/mol. The van der Waals surface area contributed by atoms with Gasteiger partial charge in [-0.2, -0.15) is 0 Å². The van der Waals surface area contributed by atoms with Crippen LogP contribution in [0, 0.1) is 26.2 Å². The lowest BCUT2D eigenvalue weighted by molar-refractivity contribution is -0.145. The van der Waals surface area contributed by atoms with Gasteiger partial charge in [0.25, 0.3) is 0 Å². The molecule has 9 nitrogen and oxygen atoms in total. The maximum absolute atomic E-state index is 13.1. The van der Waals surface area contributed by atoms with Gasteiger partial charge in [0.15, 0.2) is 11.2 Å². The minimum absolute atomic E-state index is 0.161. The minimum atomic E-state index is -1.90. The number of aliphatic hydroxyl groups is 1. The summed E-state index contributed by atoms with van der Waals surface area (Å²) in [5.41, 5.74) is 1.27. The van der Waals surface area contributed by atoms with Gasteiger partial charge in [-0.25, -0.2) is 0 Å². The molecule has 5 rings (SSSR count). The van der Waals surface area contributed by atoms with Crippen LogP contribution in [0.3, 0.4) is 0 Å². The van der Waals surface area contributed by atoms with Crippen LogP contribution in [-0.2, 0) is 14.3 Å². The van der Waals surface area contributed by atoms with Crippen molar-refractivity contribution in [2.45, 2.75) is 39.3 Å². The van der Waals surface area contributed by atoms with Gasteiger partial charge in [-0.05, 0) is 43.5 Å². The zero-order valence-corrected chi connectivity index (χ0v) is 21.6. The largest absolute Gasteiger partial charge is 0.480 e. The number of fused-ring (bicyclic) bond motifs is 3. The summed E-state index contributed by atoms with van der Waals surface area (Å²) < 4.78 is 6.73. The highest BCUT2D eigenvalue weighted by Crippen LogP contribution is 2.45. The zero-order valence-electron chi connectivity index (χ0n) is 20.8. The van der Waals surface area contributed by atoms with Crippen molar-refractivity contribution in [2.24, 2.45) is 10.4 Å². The fourth-order valence-electron chi connectivity index (χ4n) is 4.88. The molecule has 0 saturated carbocycles. The van der Waals surface area contributed by atoms with Crippen LogP contribution in [0.25, 0.3) is 10.6 Å². The molecular weight excluding hydrogens is 492 g/mol. The van der Waals surface area contributed by atoms with Gasteiger partial charge in [-0.1, -0.05) is 42.5 Å². The Morgan fingerprint density at radius 1 is 1.16 bits per heavy atom. The van der Waals surface area contributed by atoms with Crippen molar-refractivity contribution >= 4 is 34.6 Å². The van der Waals surface area contributed by atoms with Crippen LogP contribution in [0.4, 0.5) is 0 Å². The van der Waals surface area contributed by atoms with Gasteiger partial charge in [0.1, 0.15) is 16.9 Å². The third-order valence-electron chi connectivity index (χ3n) is 7.01. The Morgan fingerprint density at radius 3 is 2.54 bits per heavy atom. The van der Waals surface area contributed by atoms with E-state index < -0.39 is 29.5 Å². The summed E-state index contributed by atoms with van der Waals surface area (Å²) in [4.78, 5) is 31.3. The average Bonchev–Trinajstić information content (AvgIpc) is 3.36. The van der Waals surface area contributed by atoms with E-state index in [1.165, 1.54) is 24.5 Å². The number of aliphatic hydroxyl groups excluding tert-OH is 1. The van der Waals surface area contributed by atoms with Crippen LogP contribution < -0.4 is 0 Å². The maximum Gasteiger partial charge on any atom is 0.322 e. The molecule has 2 aliphatic rings. The van der Waals surface area contributed by atoms with Gasteiger partial charge in [0.05, 0.1) is 25.3 Å². The standard InChI is InChI=1S/C27H26N4O5S/c1-14-15(2)37-25-22(14)23(28-19(13-21(33)36-4)24-30-29-16(3)31(24)25)27(26(34)35)11-10-18(12-20(27)32)17-8-6-5-7-9-17/h5-12,19-20,32H,13H2,1-4H3,(H,34,35)/t19-,20?,27?/m0/s1. The highest BCUT2D eigenvalue weighted by molar-refractivity contribution is 7.15. The van der Waals surface area contributed by atoms with E-state index in [-0.39, 0.29) is 12.1 Å². The van der Waals surface area contributed by atoms with Crippen molar-refractivity contribution in [3.63, 3.8) is 0 Å². The summed E-state index contributed by atoms with van der Waals surface area (Å²) in [5.74, 6) is -0.775. The van der Waals surface area contributed by atoms with Gasteiger partial charge in [-0.15, -0.1) is 21.5 Å². The first-order chi connectivity index (χ1) is 17.7. The Hall–Kier alpha value is -3.89. The number of rotatable bonds is 5. The van der Waals surface area contributed by atoms with Crippen LogP contribution in [0.15, 0.2) is 53.6 Å². The predicted molar refractivity (Wildman–Crippen MR) is 139 cm³/mol. The molecule has 0 radical (unpaired) electrons. The number of aromatic nitrogens is 3. The van der Waals surface area contributed by atoms with E-state index in [0.717, 1.165) is 16.0 Å². The highest BCUT2D eigenvalue weighted by atomic mass is 32.1. The summed E-state index contributed by atoms with van der Waals surface area (Å²) >= 11 is 1.47. The first kappa shape index (κ1) is 24.8. The molecule has 10 heteroatoms. The van der Waals surface area contributed by atoms with Gasteiger partial charge in [-0.3, -0.25) is 19.1 Å². The number of ether oxygens (including phenoxy) is 1. The van der Waals surface area contributed by atoms with E-state index in [1.54, 1.807) is 19.1 Å². The van der Waals surface area contributed by atoms with E-state index in [0.29, 0.717) is 27.8 Å². The molecule has 0 fully saturated rings. The van der Waals surface area contributed by atoms with Crippen LogP contribution >= 0.6 is 11.3 Å². The predicted octanol–water partition coefficient (Wildman–Crippen LogP) is 3.75. The number of benzene rings is 1. The van der Waals surface area contributed by atoms with Gasteiger partial charge in [0, 0.05) is 10.4 Å². The van der Waals surface area contributed by atoms with Gasteiger partial charge < -0.3 is 14.9 Å². The molecule has 0 saturated heterocycles. The summed E-state index contributed by atoms with van der Waals surface area (Å²) in [5, 5.41) is 31.4. The Kier molecular flexibility index (Phi) is 6.17. The number of aliphatic carboxylic acids is 1. The molecule has 2 unspecified atom stereocenters. The Balaban J connectivity index is 1.77. The molecule has 1 aliphatic carbocycles. The minimum Gasteiger partial charge on any atom is -0.480 e. The second-order valence-corrected chi connectivity index (χ2v) is 10.3. The Labute approximate surface area is 217 Å². The normalized spacial score (nSPS) is 22.4. The molecule has 37 heavy (non-hydrogen) atoms. The van der Waals surface area contributed by atoms with E-state index in [9.17, 15) is 19.8 Å². The van der Waals surface area contributed by atoms with Crippen molar-refractivity contribution in [1.82, 2.24) is 14.8 Å². The zero-order chi connectivity index (χ0) is 26.5. The fraction of sp³-hybridized carbons (Fsp3) is 0.296. The number of nitrogens with zero attached hydrogens (tertiary/aromatic N) is 4. The van der Waals surface area contributed by atoms with Gasteiger partial charge in [0.2, 0.25) is 0 Å². The highest BCUT2D eigenvalue weighted by Gasteiger charge is 2.52. The maximum atomic E-state index is 13.1. The molecule has 1 aliphatic heterocycles. The van der Waals surface area contributed by atoms with Crippen LogP contribution in [0.1, 0.15) is 45.7 Å². The first-order valence-electron chi connectivity index (χ1n) is 11.7. The van der Waals surface area contributed by atoms with E-state index in [2.05, 4.69) is 10.2 Å². The number of carboxylic acids is 1. The molecule has 0 bridgehead atoms. The molecule has 3 atom stereocenters. The second-order valence-electron chi connectivity index (χ2n) is 9.12. The molecular formula is C27H26N4O5S. The van der Waals surface area contributed by atoms with Crippen molar-refractivity contribution in [1.29, 1.82) is 0 Å². The summed E-state index contributed by atoms with van der Waals surface area (Å²) in [6.45, 7) is 5.65. The van der Waals surface area contributed by atoms with Crippen molar-refractivity contribution in [3.8, 4) is 5.00 Å². The van der Waals surface area contributed by atoms with Crippen molar-refractivity contribution < 1.29 is 24.5 Å². The Bertz CT molecular complexity index is 1500. The molecule has 0 amide bonds. The second kappa shape index (κ2) is 9.20. The number of carbonyl (C=O) groups is 2. The van der Waals surface area contributed by atoms with Crippen LogP contribution in [-0.4, -0.2) is 55.8 Å². The lowest BCUT2D eigenvalue weighted by atomic mass is 9.70. The van der Waals surface area contributed by atoms with E-state index in [1.807, 2.05) is 48.7 Å². The number of allylic oxidation sites excluding steroid dienone is 2. The summed E-state index contributed by atoms with van der Waals surface area (Å²) in [6.07, 6.45) is 3.17. The van der Waals surface area contributed by atoms with Crippen molar-refractivity contribution in [2.75, 3.05) is 7.11 Å². The smallest absolute Gasteiger partial charge is 0.322 e. The van der Waals surface area contributed by atoms with Crippen LogP contribution in [0.2, 0.25) is 0 Å². The number of hydrogen-bond donors (Lipinski definition) is 2. The van der Waals surface area contributed by atoms with E-state index >= 15 is 0 Å². The third kappa shape index (κ3) is 3.84. The third-order valence-corrected chi connectivity index (χ3v) is 8.20. The van der Waals surface area contributed by atoms with Gasteiger partial charge >= 0.3 is 11.9 Å². The quantitative estimate of drug-likeness (QED) is 0.493. The molecule has 3 heterocycles. The fourth-order valence-corrected chi connectivity index (χ4v) is 6.09. The SMILES string of the molecule is COC(=O)C[C@@H]1N=C(C2(C(=O)O)C=CC(c3ccccc3)=CC2O)c2c(sc(C)c2C)-n2c(C)nnc21. The molecule has 2 aromatic heterocycles. The number of aryl methyl sites for hydroxylation is 2. The summed E-state index contributed by atoms with van der Waals surface area (Å²) in [6, 6.07) is 8.57. The molecule has 190 valence electrons. The summed E-state index contributed by atoms with van der Waals surface area (Å²) in [7, 11) is 1.28. The molecule has 1 aromatic carbocycles. The molecule has 0 spiro atoms. The number of carbonyl (C=O) groups excluding carboxylic acids is 1. The molecule has 3 aromatic rings. The topological polar surface area (TPSA) is 127 Å². The first-order valence-corrected chi connectivity index (χ1v) is 12.6. The number of esters is 1. The number of hydrogen-bond acceptors (Lipinski definition) is 8. The van der Waals surface area contributed by atoms with Crippen LogP contribution in [0.5, 0.6) is 0 Å². The number of thiophene rings is 1.